The Labute approximate surface area is 111 Å². The Morgan fingerprint density at radius 3 is 2.67 bits per heavy atom. The Kier molecular flexibility index (Phi) is 4.05. The van der Waals surface area contributed by atoms with E-state index in [1.807, 2.05) is 13.1 Å². The average Bonchev–Trinajstić information content (AvgIpc) is 2.32. The van der Waals surface area contributed by atoms with Gasteiger partial charge >= 0.3 is 0 Å². The first-order valence-corrected chi connectivity index (χ1v) is 7.01. The van der Waals surface area contributed by atoms with E-state index in [2.05, 4.69) is 48.2 Å². The van der Waals surface area contributed by atoms with Crippen LogP contribution in [0.15, 0.2) is 29.4 Å². The second kappa shape index (κ2) is 5.55. The van der Waals surface area contributed by atoms with Crippen LogP contribution in [-0.2, 0) is 5.41 Å². The Balaban J connectivity index is 2.20. The monoisotopic (exact) mass is 244 g/mol. The minimum atomic E-state index is 0.342. The first-order chi connectivity index (χ1) is 8.70. The van der Waals surface area contributed by atoms with Crippen molar-refractivity contribution in [1.82, 2.24) is 5.01 Å². The number of aryl methyl sites for hydroxylation is 1. The number of rotatable bonds is 5. The van der Waals surface area contributed by atoms with E-state index in [4.69, 9.17) is 0 Å². The van der Waals surface area contributed by atoms with E-state index in [0.717, 1.165) is 13.1 Å². The van der Waals surface area contributed by atoms with Crippen LogP contribution in [0.5, 0.6) is 0 Å². The second-order valence-electron chi connectivity index (χ2n) is 5.36. The summed E-state index contributed by atoms with van der Waals surface area (Å²) in [7, 11) is 0. The molecule has 2 nitrogen and oxygen atoms in total. The molecular formula is C16H24N2. The average molecular weight is 244 g/mol. The molecule has 0 aromatic heterocycles. The zero-order valence-corrected chi connectivity index (χ0v) is 11.8. The molecule has 0 heterocycles. The minimum absolute atomic E-state index is 0.342. The summed E-state index contributed by atoms with van der Waals surface area (Å²) in [6, 6.07) is 9.00. The van der Waals surface area contributed by atoms with Gasteiger partial charge in [-0.3, -0.25) is 5.01 Å². The molecule has 0 unspecified atom stereocenters. The number of hydrazone groups is 1. The van der Waals surface area contributed by atoms with Gasteiger partial charge < -0.3 is 0 Å². The van der Waals surface area contributed by atoms with Crippen LogP contribution in [0.2, 0.25) is 0 Å². The molecule has 1 aromatic rings. The molecule has 0 bridgehead atoms. The van der Waals surface area contributed by atoms with Crippen LogP contribution >= 0.6 is 0 Å². The van der Waals surface area contributed by atoms with Crippen LogP contribution in [0.3, 0.4) is 0 Å². The summed E-state index contributed by atoms with van der Waals surface area (Å²) in [6.07, 6.45) is 5.84. The molecule has 0 N–H and O–H groups in total. The van der Waals surface area contributed by atoms with Crippen molar-refractivity contribution in [2.75, 3.05) is 13.1 Å². The highest BCUT2D eigenvalue weighted by molar-refractivity contribution is 5.52. The van der Waals surface area contributed by atoms with Crippen LogP contribution in [0.25, 0.3) is 0 Å². The van der Waals surface area contributed by atoms with E-state index < -0.39 is 0 Å². The normalized spacial score (nSPS) is 17.7. The molecule has 1 fully saturated rings. The number of nitrogens with zero attached hydrogens (tertiary/aromatic N) is 2. The molecular weight excluding hydrogens is 220 g/mol. The first-order valence-electron chi connectivity index (χ1n) is 7.01. The second-order valence-corrected chi connectivity index (χ2v) is 5.36. The summed E-state index contributed by atoms with van der Waals surface area (Å²) < 4.78 is 0. The van der Waals surface area contributed by atoms with Gasteiger partial charge in [0.25, 0.3) is 0 Å². The molecule has 98 valence electrons. The van der Waals surface area contributed by atoms with Crippen molar-refractivity contribution in [3.8, 4) is 0 Å². The van der Waals surface area contributed by atoms with E-state index in [9.17, 15) is 0 Å². The molecule has 0 atom stereocenters. The summed E-state index contributed by atoms with van der Waals surface area (Å²) in [4.78, 5) is 0. The summed E-state index contributed by atoms with van der Waals surface area (Å²) in [5.41, 5.74) is 3.20. The fraction of sp³-hybridized carbons (Fsp3) is 0.562. The lowest BCUT2D eigenvalue weighted by atomic mass is 9.64. The quantitative estimate of drug-likeness (QED) is 0.569. The van der Waals surface area contributed by atoms with Crippen LogP contribution in [0, 0.1) is 6.92 Å². The molecule has 0 spiro atoms. The molecule has 1 aromatic carbocycles. The summed E-state index contributed by atoms with van der Waals surface area (Å²) in [5.74, 6) is 0. The molecule has 1 aliphatic rings. The van der Waals surface area contributed by atoms with E-state index in [1.54, 1.807) is 0 Å². The number of hydrogen-bond acceptors (Lipinski definition) is 2. The lowest BCUT2D eigenvalue weighted by Gasteiger charge is -2.45. The summed E-state index contributed by atoms with van der Waals surface area (Å²) in [6.45, 7) is 8.38. The van der Waals surface area contributed by atoms with Gasteiger partial charge in [-0.2, -0.15) is 5.10 Å². The maximum absolute atomic E-state index is 4.47. The van der Waals surface area contributed by atoms with Crippen LogP contribution in [0.4, 0.5) is 0 Å². The largest absolute Gasteiger partial charge is 0.297 e. The third-order valence-corrected chi connectivity index (χ3v) is 4.07. The van der Waals surface area contributed by atoms with Crippen LogP contribution < -0.4 is 0 Å². The lowest BCUT2D eigenvalue weighted by molar-refractivity contribution is 0.147. The van der Waals surface area contributed by atoms with Gasteiger partial charge in [-0.05, 0) is 39.2 Å². The zero-order chi connectivity index (χ0) is 13.0. The predicted octanol–water partition coefficient (Wildman–Crippen LogP) is 3.74. The Bertz CT molecular complexity index is 419. The van der Waals surface area contributed by atoms with E-state index in [-0.39, 0.29) is 0 Å². The Morgan fingerprint density at radius 2 is 2.17 bits per heavy atom. The van der Waals surface area contributed by atoms with Crippen molar-refractivity contribution in [2.45, 2.75) is 45.4 Å². The molecule has 0 aliphatic heterocycles. The van der Waals surface area contributed by atoms with Gasteiger partial charge in [0.05, 0.1) is 0 Å². The van der Waals surface area contributed by atoms with E-state index in [1.165, 1.54) is 30.4 Å². The smallest absolute Gasteiger partial charge is 0.0456 e. The fourth-order valence-corrected chi connectivity index (χ4v) is 2.86. The Hall–Kier alpha value is -1.31. The van der Waals surface area contributed by atoms with Crippen molar-refractivity contribution in [2.24, 2.45) is 5.10 Å². The van der Waals surface area contributed by atoms with Crippen molar-refractivity contribution in [3.05, 3.63) is 35.4 Å². The van der Waals surface area contributed by atoms with Gasteiger partial charge in [-0.15, -0.1) is 0 Å². The summed E-state index contributed by atoms with van der Waals surface area (Å²) in [5, 5.41) is 6.66. The van der Waals surface area contributed by atoms with Crippen molar-refractivity contribution < 1.29 is 0 Å². The van der Waals surface area contributed by atoms with E-state index >= 15 is 0 Å². The number of likely N-dealkylation sites (N-methyl/N-ethyl adjacent to an activating group) is 1. The molecule has 1 aliphatic carbocycles. The zero-order valence-electron chi connectivity index (χ0n) is 11.8. The van der Waals surface area contributed by atoms with Gasteiger partial charge in [-0.1, -0.05) is 36.2 Å². The number of hydrogen-bond donors (Lipinski definition) is 0. The highest BCUT2D eigenvalue weighted by Gasteiger charge is 2.39. The third-order valence-electron chi connectivity index (χ3n) is 4.07. The molecule has 2 rings (SSSR count). The van der Waals surface area contributed by atoms with Crippen molar-refractivity contribution in [1.29, 1.82) is 0 Å². The van der Waals surface area contributed by atoms with Crippen molar-refractivity contribution >= 4 is 6.21 Å². The van der Waals surface area contributed by atoms with Crippen LogP contribution in [-0.4, -0.2) is 24.3 Å². The maximum Gasteiger partial charge on any atom is 0.0456 e. The lowest BCUT2D eigenvalue weighted by Crippen LogP contribution is -2.44. The Morgan fingerprint density at radius 1 is 1.39 bits per heavy atom. The van der Waals surface area contributed by atoms with Gasteiger partial charge in [0.15, 0.2) is 0 Å². The van der Waals surface area contributed by atoms with Crippen molar-refractivity contribution in [3.63, 3.8) is 0 Å². The fourth-order valence-electron chi connectivity index (χ4n) is 2.86. The predicted molar refractivity (Wildman–Crippen MR) is 78.1 cm³/mol. The van der Waals surface area contributed by atoms with Gasteiger partial charge in [0.2, 0.25) is 0 Å². The highest BCUT2D eigenvalue weighted by Crippen LogP contribution is 2.44. The SMILES string of the molecule is C/C=N\N(CC)CC1(c2cccc(C)c2)CCC1. The van der Waals surface area contributed by atoms with Gasteiger partial charge in [0.1, 0.15) is 0 Å². The molecule has 0 amide bonds. The highest BCUT2D eigenvalue weighted by atomic mass is 15.4. The first kappa shape index (κ1) is 13.1. The number of benzene rings is 1. The van der Waals surface area contributed by atoms with Gasteiger partial charge in [-0.25, -0.2) is 0 Å². The maximum atomic E-state index is 4.47. The molecule has 18 heavy (non-hydrogen) atoms. The minimum Gasteiger partial charge on any atom is -0.297 e. The molecule has 1 saturated carbocycles. The molecule has 0 radical (unpaired) electrons. The van der Waals surface area contributed by atoms with E-state index in [0.29, 0.717) is 5.41 Å². The topological polar surface area (TPSA) is 15.6 Å². The summed E-state index contributed by atoms with van der Waals surface area (Å²) >= 11 is 0. The van der Waals surface area contributed by atoms with Crippen LogP contribution in [0.1, 0.15) is 44.2 Å². The molecule has 2 heteroatoms. The third kappa shape index (κ3) is 2.58. The molecule has 0 saturated heterocycles. The van der Waals surface area contributed by atoms with Gasteiger partial charge in [0, 0.05) is 24.7 Å². The standard InChI is InChI=1S/C16H24N2/c1-4-17-18(5-2)13-16(10-7-11-16)15-9-6-8-14(3)12-15/h4,6,8-9,12H,5,7,10-11,13H2,1-3H3/b17-4-.